The zero-order valence-corrected chi connectivity index (χ0v) is 9.04. The third-order valence-electron chi connectivity index (χ3n) is 2.86. The first-order valence-corrected chi connectivity index (χ1v) is 5.50. The molecule has 0 unspecified atom stereocenters. The summed E-state index contributed by atoms with van der Waals surface area (Å²) >= 11 is 0. The van der Waals surface area contributed by atoms with Gasteiger partial charge in [-0.15, -0.1) is 0 Å². The molecule has 1 N–H and O–H groups in total. The van der Waals surface area contributed by atoms with Gasteiger partial charge in [0.15, 0.2) is 0 Å². The molecule has 5 heteroatoms. The average molecular weight is 221 g/mol. The summed E-state index contributed by atoms with van der Waals surface area (Å²) in [4.78, 5) is 21.3. The van der Waals surface area contributed by atoms with Gasteiger partial charge in [-0.1, -0.05) is 6.42 Å². The standard InChI is InChI=1S/C11H15N3O2/c15-11(16)9-4-1-2-7-14(9)8-10-12-5-3-6-13-10/h3,5-6,9H,1-2,4,7-8H2,(H,15,16)/t9-/m0/s1. The van der Waals surface area contributed by atoms with Crippen LogP contribution in [0, 0.1) is 0 Å². The fraction of sp³-hybridized carbons (Fsp3) is 0.545. The molecule has 1 atom stereocenters. The van der Waals surface area contributed by atoms with Crippen molar-refractivity contribution in [1.29, 1.82) is 0 Å². The lowest BCUT2D eigenvalue weighted by molar-refractivity contribution is -0.144. The molecule has 0 radical (unpaired) electrons. The maximum absolute atomic E-state index is 11.1. The summed E-state index contributed by atoms with van der Waals surface area (Å²) in [5.74, 6) is -0.0497. The van der Waals surface area contributed by atoms with Crippen LogP contribution in [0.15, 0.2) is 18.5 Å². The zero-order valence-electron chi connectivity index (χ0n) is 9.04. The van der Waals surface area contributed by atoms with Crippen molar-refractivity contribution in [2.45, 2.75) is 31.8 Å². The number of carbonyl (C=O) groups is 1. The maximum atomic E-state index is 11.1. The lowest BCUT2D eigenvalue weighted by Crippen LogP contribution is -2.44. The second kappa shape index (κ2) is 5.03. The van der Waals surface area contributed by atoms with Crippen molar-refractivity contribution in [3.8, 4) is 0 Å². The number of aromatic nitrogens is 2. The van der Waals surface area contributed by atoms with Gasteiger partial charge in [-0.2, -0.15) is 0 Å². The first-order chi connectivity index (χ1) is 7.77. The van der Waals surface area contributed by atoms with Crippen LogP contribution in [0.3, 0.4) is 0 Å². The molecule has 2 rings (SSSR count). The van der Waals surface area contributed by atoms with E-state index in [1.165, 1.54) is 0 Å². The van der Waals surface area contributed by atoms with E-state index < -0.39 is 5.97 Å². The number of nitrogens with zero attached hydrogens (tertiary/aromatic N) is 3. The normalized spacial score (nSPS) is 21.9. The van der Waals surface area contributed by atoms with Gasteiger partial charge in [-0.3, -0.25) is 9.69 Å². The predicted octanol–water partition coefficient (Wildman–Crippen LogP) is 0.916. The quantitative estimate of drug-likeness (QED) is 0.822. The fourth-order valence-electron chi connectivity index (χ4n) is 2.05. The summed E-state index contributed by atoms with van der Waals surface area (Å²) in [6.07, 6.45) is 6.13. The fourth-order valence-corrected chi connectivity index (χ4v) is 2.05. The van der Waals surface area contributed by atoms with Gasteiger partial charge in [0.05, 0.1) is 6.54 Å². The third kappa shape index (κ3) is 2.55. The largest absolute Gasteiger partial charge is 0.480 e. The van der Waals surface area contributed by atoms with Crippen molar-refractivity contribution >= 4 is 5.97 Å². The molecule has 16 heavy (non-hydrogen) atoms. The number of piperidine rings is 1. The molecule has 0 aliphatic carbocycles. The van der Waals surface area contributed by atoms with Crippen LogP contribution in [0.4, 0.5) is 0 Å². The van der Waals surface area contributed by atoms with Gasteiger partial charge in [0, 0.05) is 12.4 Å². The molecule has 1 aromatic heterocycles. The molecule has 1 saturated heterocycles. The maximum Gasteiger partial charge on any atom is 0.320 e. The van der Waals surface area contributed by atoms with Crippen molar-refractivity contribution in [2.24, 2.45) is 0 Å². The van der Waals surface area contributed by atoms with Gasteiger partial charge in [0.2, 0.25) is 0 Å². The van der Waals surface area contributed by atoms with Gasteiger partial charge < -0.3 is 5.11 Å². The van der Waals surface area contributed by atoms with Crippen LogP contribution in [0.5, 0.6) is 0 Å². The smallest absolute Gasteiger partial charge is 0.320 e. The molecular formula is C11H15N3O2. The Kier molecular flexibility index (Phi) is 3.46. The van der Waals surface area contributed by atoms with E-state index in [2.05, 4.69) is 9.97 Å². The molecule has 1 aromatic rings. The van der Waals surface area contributed by atoms with Crippen LogP contribution in [0.1, 0.15) is 25.1 Å². The van der Waals surface area contributed by atoms with Crippen molar-refractivity contribution in [2.75, 3.05) is 6.54 Å². The summed E-state index contributed by atoms with van der Waals surface area (Å²) in [7, 11) is 0. The number of likely N-dealkylation sites (tertiary alicyclic amines) is 1. The zero-order chi connectivity index (χ0) is 11.4. The van der Waals surface area contributed by atoms with Crippen molar-refractivity contribution in [3.63, 3.8) is 0 Å². The molecule has 1 fully saturated rings. The monoisotopic (exact) mass is 221 g/mol. The van der Waals surface area contributed by atoms with Crippen molar-refractivity contribution in [1.82, 2.24) is 14.9 Å². The van der Waals surface area contributed by atoms with Gasteiger partial charge in [-0.05, 0) is 25.5 Å². The Balaban J connectivity index is 2.04. The molecule has 2 heterocycles. The van der Waals surface area contributed by atoms with Crippen LogP contribution in [0.2, 0.25) is 0 Å². The summed E-state index contributed by atoms with van der Waals surface area (Å²) in [6, 6.07) is 1.38. The summed E-state index contributed by atoms with van der Waals surface area (Å²) in [5, 5.41) is 9.10. The number of hydrogen-bond acceptors (Lipinski definition) is 4. The van der Waals surface area contributed by atoms with Crippen LogP contribution in [-0.2, 0) is 11.3 Å². The number of hydrogen-bond donors (Lipinski definition) is 1. The Labute approximate surface area is 94.1 Å². The number of rotatable bonds is 3. The minimum atomic E-state index is -0.740. The minimum Gasteiger partial charge on any atom is -0.480 e. The highest BCUT2D eigenvalue weighted by Gasteiger charge is 2.28. The van der Waals surface area contributed by atoms with Crippen LogP contribution in [-0.4, -0.2) is 38.5 Å². The molecule has 0 amide bonds. The second-order valence-corrected chi connectivity index (χ2v) is 3.99. The summed E-state index contributed by atoms with van der Waals surface area (Å²) < 4.78 is 0. The van der Waals surface area contributed by atoms with Crippen molar-refractivity contribution < 1.29 is 9.90 Å². The van der Waals surface area contributed by atoms with E-state index in [9.17, 15) is 4.79 Å². The van der Waals surface area contributed by atoms with Gasteiger partial charge in [0.1, 0.15) is 11.9 Å². The Morgan fingerprint density at radius 3 is 2.88 bits per heavy atom. The van der Waals surface area contributed by atoms with Crippen LogP contribution >= 0.6 is 0 Å². The summed E-state index contributed by atoms with van der Waals surface area (Å²) in [5.41, 5.74) is 0. The SMILES string of the molecule is O=C(O)[C@@H]1CCCCN1Cc1ncccn1. The minimum absolute atomic E-state index is 0.377. The van der Waals surface area contributed by atoms with E-state index in [-0.39, 0.29) is 6.04 Å². The van der Waals surface area contributed by atoms with E-state index in [1.807, 2.05) is 4.90 Å². The van der Waals surface area contributed by atoms with Gasteiger partial charge in [0.25, 0.3) is 0 Å². The number of carboxylic acid groups (broad SMARTS) is 1. The molecule has 86 valence electrons. The molecule has 0 bridgehead atoms. The summed E-state index contributed by atoms with van der Waals surface area (Å²) in [6.45, 7) is 1.34. The predicted molar refractivity (Wildman–Crippen MR) is 57.7 cm³/mol. The van der Waals surface area contributed by atoms with Gasteiger partial charge >= 0.3 is 5.97 Å². The molecule has 0 aromatic carbocycles. The Bertz CT molecular complexity index is 356. The topological polar surface area (TPSA) is 66.3 Å². The first-order valence-electron chi connectivity index (χ1n) is 5.50. The first kappa shape index (κ1) is 11.0. The highest BCUT2D eigenvalue weighted by atomic mass is 16.4. The molecule has 1 aliphatic rings. The van der Waals surface area contributed by atoms with E-state index in [0.717, 1.165) is 25.8 Å². The van der Waals surface area contributed by atoms with E-state index in [4.69, 9.17) is 5.11 Å². The second-order valence-electron chi connectivity index (χ2n) is 3.99. The van der Waals surface area contributed by atoms with E-state index >= 15 is 0 Å². The highest BCUT2D eigenvalue weighted by molar-refractivity contribution is 5.73. The number of aliphatic carboxylic acids is 1. The third-order valence-corrected chi connectivity index (χ3v) is 2.86. The molecule has 1 aliphatic heterocycles. The van der Waals surface area contributed by atoms with Crippen LogP contribution < -0.4 is 0 Å². The van der Waals surface area contributed by atoms with Gasteiger partial charge in [-0.25, -0.2) is 9.97 Å². The molecular weight excluding hydrogens is 206 g/mol. The van der Waals surface area contributed by atoms with E-state index in [1.54, 1.807) is 18.5 Å². The highest BCUT2D eigenvalue weighted by Crippen LogP contribution is 2.18. The lowest BCUT2D eigenvalue weighted by Gasteiger charge is -2.32. The van der Waals surface area contributed by atoms with E-state index in [0.29, 0.717) is 12.4 Å². The Morgan fingerprint density at radius 1 is 1.44 bits per heavy atom. The molecule has 0 saturated carbocycles. The Hall–Kier alpha value is -1.49. The average Bonchev–Trinajstić information content (AvgIpc) is 2.31. The number of carboxylic acids is 1. The molecule has 0 spiro atoms. The molecule has 5 nitrogen and oxygen atoms in total. The van der Waals surface area contributed by atoms with Crippen molar-refractivity contribution in [3.05, 3.63) is 24.3 Å². The van der Waals surface area contributed by atoms with Crippen LogP contribution in [0.25, 0.3) is 0 Å². The lowest BCUT2D eigenvalue weighted by atomic mass is 10.0. The Morgan fingerprint density at radius 2 is 2.19 bits per heavy atom.